The summed E-state index contributed by atoms with van der Waals surface area (Å²) in [6.45, 7) is 0. The van der Waals surface area contributed by atoms with Gasteiger partial charge in [-0.2, -0.15) is 0 Å². The fourth-order valence-corrected chi connectivity index (χ4v) is 4.47. The quantitative estimate of drug-likeness (QED) is 0.228. The molecule has 0 amide bonds. The van der Waals surface area contributed by atoms with Crippen LogP contribution in [0.1, 0.15) is 83.8 Å². The van der Waals surface area contributed by atoms with Crippen molar-refractivity contribution in [1.82, 2.24) is 0 Å². The summed E-state index contributed by atoms with van der Waals surface area (Å²) in [6.07, 6.45) is 0.313. The summed E-state index contributed by atoms with van der Waals surface area (Å²) in [5.74, 6) is -4.55. The van der Waals surface area contributed by atoms with Crippen molar-refractivity contribution in [1.29, 1.82) is 0 Å². The van der Waals surface area contributed by atoms with Gasteiger partial charge in [0.1, 0.15) is 17.2 Å². The van der Waals surface area contributed by atoms with Crippen molar-refractivity contribution in [2.45, 2.75) is 25.7 Å². The summed E-state index contributed by atoms with van der Waals surface area (Å²) in [5, 5.41) is 29.7. The number of phenols is 2. The van der Waals surface area contributed by atoms with Crippen LogP contribution < -0.4 is 4.74 Å². The van der Waals surface area contributed by atoms with Crippen molar-refractivity contribution in [2.24, 2.45) is 0 Å². The number of carboxylic acids is 1. The van der Waals surface area contributed by atoms with Crippen molar-refractivity contribution in [2.75, 3.05) is 7.11 Å². The molecule has 0 atom stereocenters. The molecule has 0 bridgehead atoms. The third-order valence-electron chi connectivity index (χ3n) is 6.17. The first-order chi connectivity index (χ1) is 17.6. The molecule has 9 heteroatoms. The van der Waals surface area contributed by atoms with Crippen LogP contribution in [-0.2, 0) is 4.79 Å². The summed E-state index contributed by atoms with van der Waals surface area (Å²) in [7, 11) is 1.34. The van der Waals surface area contributed by atoms with Gasteiger partial charge >= 0.3 is 5.97 Å². The molecule has 0 heterocycles. The Labute approximate surface area is 210 Å². The van der Waals surface area contributed by atoms with Crippen LogP contribution in [0.5, 0.6) is 17.2 Å². The van der Waals surface area contributed by atoms with E-state index in [1.807, 2.05) is 0 Å². The van der Waals surface area contributed by atoms with E-state index in [0.717, 1.165) is 12.1 Å². The number of methoxy groups -OCH3 is 1. The minimum absolute atomic E-state index is 0.0331. The number of carboxylic acid groups (broad SMARTS) is 1. The highest BCUT2D eigenvalue weighted by molar-refractivity contribution is 6.33. The van der Waals surface area contributed by atoms with E-state index in [1.54, 1.807) is 6.07 Å². The Morgan fingerprint density at radius 2 is 1.51 bits per heavy atom. The number of rotatable bonds is 9. The van der Waals surface area contributed by atoms with Crippen LogP contribution in [0.25, 0.3) is 0 Å². The molecule has 0 aromatic heterocycles. The van der Waals surface area contributed by atoms with Gasteiger partial charge in [0.05, 0.1) is 18.2 Å². The molecule has 1 aliphatic carbocycles. The molecule has 0 radical (unpaired) electrons. The first-order valence-corrected chi connectivity index (χ1v) is 11.4. The maximum atomic E-state index is 13.8. The lowest BCUT2D eigenvalue weighted by Gasteiger charge is -2.22. The standard InChI is InChI=1S/C28H22O9/c1-37-21-10-5-7-16-25(21)28(36)23-17(26(16)34)12-14(29)13-18(23)27(35)24-15(6-4-9-20(24)31)19(30)8-2-3-11-22(32)33/h4-7,9-10,12-13,29,31H,2-3,8,11H2,1H3,(H,32,33). The van der Waals surface area contributed by atoms with E-state index in [0.29, 0.717) is 0 Å². The number of fused-ring (bicyclic) bond motifs is 2. The molecule has 0 saturated carbocycles. The molecular formula is C28H22O9. The van der Waals surface area contributed by atoms with Gasteiger partial charge in [0.2, 0.25) is 0 Å². The third kappa shape index (κ3) is 4.58. The van der Waals surface area contributed by atoms with Gasteiger partial charge in [-0.25, -0.2) is 0 Å². The number of carbonyl (C=O) groups is 5. The van der Waals surface area contributed by atoms with E-state index in [2.05, 4.69) is 0 Å². The van der Waals surface area contributed by atoms with Gasteiger partial charge in [-0.1, -0.05) is 24.3 Å². The highest BCUT2D eigenvalue weighted by Crippen LogP contribution is 2.38. The number of phenolic OH excluding ortho intramolecular Hbond substituents is 2. The van der Waals surface area contributed by atoms with Gasteiger partial charge in [-0.05, 0) is 37.1 Å². The average molecular weight is 502 g/mol. The average Bonchev–Trinajstić information content (AvgIpc) is 2.87. The molecule has 9 nitrogen and oxygen atoms in total. The number of ketones is 4. The van der Waals surface area contributed by atoms with Crippen molar-refractivity contribution in [3.8, 4) is 17.2 Å². The lowest BCUT2D eigenvalue weighted by atomic mass is 9.79. The molecule has 0 aliphatic heterocycles. The Hall–Kier alpha value is -4.79. The predicted octanol–water partition coefficient (Wildman–Crippen LogP) is 3.94. The molecular weight excluding hydrogens is 480 g/mol. The molecule has 37 heavy (non-hydrogen) atoms. The van der Waals surface area contributed by atoms with Gasteiger partial charge in [-0.15, -0.1) is 0 Å². The largest absolute Gasteiger partial charge is 0.508 e. The normalized spacial score (nSPS) is 12.0. The lowest BCUT2D eigenvalue weighted by Crippen LogP contribution is -2.25. The van der Waals surface area contributed by atoms with Gasteiger partial charge in [0.25, 0.3) is 0 Å². The SMILES string of the molecule is COc1cccc2c1C(=O)c1c(cc(O)cc1C(=O)c1c(O)cccc1C(=O)CCCCC(=O)O)C2=O. The predicted molar refractivity (Wildman–Crippen MR) is 130 cm³/mol. The Balaban J connectivity index is 1.82. The first-order valence-electron chi connectivity index (χ1n) is 11.4. The summed E-state index contributed by atoms with van der Waals surface area (Å²) in [6, 6.07) is 10.5. The van der Waals surface area contributed by atoms with Gasteiger partial charge in [0.15, 0.2) is 23.1 Å². The van der Waals surface area contributed by atoms with Crippen LogP contribution in [0.4, 0.5) is 0 Å². The fourth-order valence-electron chi connectivity index (χ4n) is 4.47. The molecule has 0 spiro atoms. The number of hydrogen-bond donors (Lipinski definition) is 3. The zero-order valence-electron chi connectivity index (χ0n) is 19.7. The molecule has 0 saturated heterocycles. The van der Waals surface area contributed by atoms with Gasteiger partial charge < -0.3 is 20.1 Å². The molecule has 0 unspecified atom stereocenters. The molecule has 3 N–H and O–H groups in total. The monoisotopic (exact) mass is 502 g/mol. The number of benzene rings is 3. The summed E-state index contributed by atoms with van der Waals surface area (Å²) in [5.41, 5.74) is -1.30. The van der Waals surface area contributed by atoms with E-state index in [1.165, 1.54) is 37.4 Å². The van der Waals surface area contributed by atoms with Crippen LogP contribution in [0.2, 0.25) is 0 Å². The van der Waals surface area contributed by atoms with Gasteiger partial charge in [-0.3, -0.25) is 24.0 Å². The Bertz CT molecular complexity index is 1480. The molecule has 4 rings (SSSR count). The number of ether oxygens (including phenoxy) is 1. The first kappa shape index (κ1) is 25.3. The summed E-state index contributed by atoms with van der Waals surface area (Å²) in [4.78, 5) is 64.2. The topological polar surface area (TPSA) is 155 Å². The molecule has 188 valence electrons. The van der Waals surface area contributed by atoms with Crippen molar-refractivity contribution < 1.29 is 44.0 Å². The fraction of sp³-hybridized carbons (Fsp3) is 0.179. The number of aliphatic carboxylic acids is 1. The summed E-state index contributed by atoms with van der Waals surface area (Å²) >= 11 is 0. The third-order valence-corrected chi connectivity index (χ3v) is 6.17. The summed E-state index contributed by atoms with van der Waals surface area (Å²) < 4.78 is 5.26. The van der Waals surface area contributed by atoms with Crippen LogP contribution in [0.15, 0.2) is 48.5 Å². The van der Waals surface area contributed by atoms with E-state index in [9.17, 15) is 34.2 Å². The van der Waals surface area contributed by atoms with Crippen LogP contribution >= 0.6 is 0 Å². The van der Waals surface area contributed by atoms with Crippen molar-refractivity contribution in [3.05, 3.63) is 87.5 Å². The van der Waals surface area contributed by atoms with E-state index >= 15 is 0 Å². The Morgan fingerprint density at radius 3 is 2.22 bits per heavy atom. The number of carbonyl (C=O) groups excluding carboxylic acids is 4. The maximum Gasteiger partial charge on any atom is 0.303 e. The second kappa shape index (κ2) is 10.1. The second-order valence-corrected chi connectivity index (χ2v) is 8.51. The highest BCUT2D eigenvalue weighted by atomic mass is 16.5. The van der Waals surface area contributed by atoms with Gasteiger partial charge in [0, 0.05) is 40.7 Å². The van der Waals surface area contributed by atoms with Crippen molar-refractivity contribution >= 4 is 29.1 Å². The molecule has 1 aliphatic rings. The number of hydrogen-bond acceptors (Lipinski definition) is 8. The lowest BCUT2D eigenvalue weighted by molar-refractivity contribution is -0.137. The van der Waals surface area contributed by atoms with Crippen LogP contribution in [-0.4, -0.2) is 51.5 Å². The Kier molecular flexibility index (Phi) is 6.88. The number of unbranched alkanes of at least 4 members (excludes halogenated alkanes) is 1. The molecule has 3 aromatic carbocycles. The minimum Gasteiger partial charge on any atom is -0.508 e. The van der Waals surface area contributed by atoms with E-state index in [4.69, 9.17) is 9.84 Å². The smallest absolute Gasteiger partial charge is 0.303 e. The Morgan fingerprint density at radius 1 is 0.811 bits per heavy atom. The van der Waals surface area contributed by atoms with E-state index in [-0.39, 0.29) is 70.4 Å². The van der Waals surface area contributed by atoms with Crippen LogP contribution in [0.3, 0.4) is 0 Å². The molecule has 0 fully saturated rings. The zero-order valence-corrected chi connectivity index (χ0v) is 19.7. The van der Waals surface area contributed by atoms with E-state index < -0.39 is 40.6 Å². The second-order valence-electron chi connectivity index (χ2n) is 8.51. The molecule has 3 aromatic rings. The maximum absolute atomic E-state index is 13.8. The van der Waals surface area contributed by atoms with Crippen LogP contribution in [0, 0.1) is 0 Å². The number of Topliss-reactive ketones (excluding diaryl/α,β-unsaturated/α-hetero) is 1. The zero-order chi connectivity index (χ0) is 26.9. The highest BCUT2D eigenvalue weighted by Gasteiger charge is 2.37. The van der Waals surface area contributed by atoms with Crippen molar-refractivity contribution in [3.63, 3.8) is 0 Å². The minimum atomic E-state index is -0.994. The number of aromatic hydroxyl groups is 2.